The molecule has 1 aliphatic heterocycles. The Morgan fingerprint density at radius 1 is 1.25 bits per heavy atom. The normalized spacial score (nSPS) is 13.4. The number of aryl methyl sites for hydroxylation is 2. The summed E-state index contributed by atoms with van der Waals surface area (Å²) >= 11 is 0. The van der Waals surface area contributed by atoms with E-state index < -0.39 is 5.63 Å². The molecule has 1 aromatic carbocycles. The van der Waals surface area contributed by atoms with Crippen molar-refractivity contribution in [2.75, 3.05) is 11.4 Å². The number of fused-ring (bicyclic) bond motifs is 1. The molecule has 0 atom stereocenters. The Bertz CT molecular complexity index is 719. The van der Waals surface area contributed by atoms with Crippen LogP contribution in [0.2, 0.25) is 0 Å². The van der Waals surface area contributed by atoms with E-state index in [9.17, 15) is 9.59 Å². The number of nitrogens with zero attached hydrogens (tertiary/aromatic N) is 1. The second kappa shape index (κ2) is 4.63. The number of benzene rings is 1. The highest BCUT2D eigenvalue weighted by atomic mass is 16.4. The van der Waals surface area contributed by atoms with Gasteiger partial charge in [-0.15, -0.1) is 0 Å². The Kier molecular flexibility index (Phi) is 2.93. The van der Waals surface area contributed by atoms with Gasteiger partial charge in [-0.25, -0.2) is 4.79 Å². The molecule has 0 unspecified atom stereocenters. The minimum Gasteiger partial charge on any atom is -0.427 e. The molecule has 1 aromatic heterocycles. The van der Waals surface area contributed by atoms with Crippen LogP contribution in [0.25, 0.3) is 0 Å². The molecule has 0 spiro atoms. The Hall–Kier alpha value is -2.36. The fraction of sp³-hybridized carbons (Fsp3) is 0.250. The molecule has 1 aliphatic rings. The highest BCUT2D eigenvalue weighted by Gasteiger charge is 2.27. The van der Waals surface area contributed by atoms with E-state index in [0.717, 1.165) is 12.1 Å². The van der Waals surface area contributed by atoms with Crippen LogP contribution >= 0.6 is 0 Å². The molecule has 2 heterocycles. The second-order valence-corrected chi connectivity index (χ2v) is 5.02. The van der Waals surface area contributed by atoms with Gasteiger partial charge in [0.25, 0.3) is 5.91 Å². The first kappa shape index (κ1) is 12.7. The van der Waals surface area contributed by atoms with E-state index in [1.54, 1.807) is 18.7 Å². The van der Waals surface area contributed by atoms with E-state index in [1.807, 2.05) is 24.3 Å². The van der Waals surface area contributed by atoms with Crippen molar-refractivity contribution in [3.05, 3.63) is 63.2 Å². The van der Waals surface area contributed by atoms with E-state index in [0.29, 0.717) is 23.4 Å². The summed E-state index contributed by atoms with van der Waals surface area (Å²) < 4.78 is 5.05. The molecule has 1 amide bonds. The zero-order chi connectivity index (χ0) is 14.3. The van der Waals surface area contributed by atoms with Crippen LogP contribution in [-0.2, 0) is 6.42 Å². The van der Waals surface area contributed by atoms with E-state index >= 15 is 0 Å². The van der Waals surface area contributed by atoms with Gasteiger partial charge in [-0.05, 0) is 37.5 Å². The lowest BCUT2D eigenvalue weighted by Crippen LogP contribution is -2.30. The Balaban J connectivity index is 2.06. The lowest BCUT2D eigenvalue weighted by atomic mass is 10.1. The molecule has 0 saturated heterocycles. The number of hydrogen-bond acceptors (Lipinski definition) is 3. The SMILES string of the molecule is Cc1cc(=O)oc(C)c1C(=O)N1CCc2ccccc21. The molecule has 0 aliphatic carbocycles. The molecular formula is C16H15NO3. The average Bonchev–Trinajstić information content (AvgIpc) is 2.81. The summed E-state index contributed by atoms with van der Waals surface area (Å²) in [5.74, 6) is 0.276. The summed E-state index contributed by atoms with van der Waals surface area (Å²) in [6, 6.07) is 9.25. The minimum atomic E-state index is -0.418. The van der Waals surface area contributed by atoms with Crippen LogP contribution in [0.1, 0.15) is 27.2 Å². The fourth-order valence-corrected chi connectivity index (χ4v) is 2.76. The summed E-state index contributed by atoms with van der Waals surface area (Å²) in [6.07, 6.45) is 0.858. The van der Waals surface area contributed by atoms with Crippen molar-refractivity contribution >= 4 is 11.6 Å². The zero-order valence-corrected chi connectivity index (χ0v) is 11.5. The first-order valence-corrected chi connectivity index (χ1v) is 6.59. The molecule has 0 saturated carbocycles. The van der Waals surface area contributed by atoms with Crippen LogP contribution in [0, 0.1) is 13.8 Å². The van der Waals surface area contributed by atoms with Gasteiger partial charge in [-0.1, -0.05) is 18.2 Å². The van der Waals surface area contributed by atoms with Gasteiger partial charge in [0.15, 0.2) is 0 Å². The topological polar surface area (TPSA) is 50.5 Å². The van der Waals surface area contributed by atoms with Crippen molar-refractivity contribution in [1.82, 2.24) is 0 Å². The average molecular weight is 269 g/mol. The van der Waals surface area contributed by atoms with Crippen molar-refractivity contribution in [2.45, 2.75) is 20.3 Å². The summed E-state index contributed by atoms with van der Waals surface area (Å²) in [7, 11) is 0. The molecule has 3 rings (SSSR count). The number of amides is 1. The molecule has 0 bridgehead atoms. The lowest BCUT2D eigenvalue weighted by molar-refractivity contribution is 0.0985. The Labute approximate surface area is 116 Å². The molecule has 4 heteroatoms. The summed E-state index contributed by atoms with van der Waals surface area (Å²) in [4.78, 5) is 25.8. The molecule has 2 aromatic rings. The third kappa shape index (κ3) is 1.93. The molecule has 0 N–H and O–H groups in total. The molecular weight excluding hydrogens is 254 g/mol. The molecule has 0 fully saturated rings. The predicted octanol–water partition coefficient (Wildman–Crippen LogP) is 2.46. The fourth-order valence-electron chi connectivity index (χ4n) is 2.76. The first-order chi connectivity index (χ1) is 9.58. The first-order valence-electron chi connectivity index (χ1n) is 6.59. The van der Waals surface area contributed by atoms with Crippen LogP contribution < -0.4 is 10.5 Å². The standard InChI is InChI=1S/C16H15NO3/c1-10-9-14(18)20-11(2)15(10)16(19)17-8-7-12-5-3-4-6-13(12)17/h3-6,9H,7-8H2,1-2H3. The number of para-hydroxylation sites is 1. The van der Waals surface area contributed by atoms with Crippen molar-refractivity contribution in [3.63, 3.8) is 0 Å². The summed E-state index contributed by atoms with van der Waals surface area (Å²) in [5, 5.41) is 0. The van der Waals surface area contributed by atoms with Gasteiger partial charge in [0.2, 0.25) is 0 Å². The summed E-state index contributed by atoms with van der Waals surface area (Å²) in [6.45, 7) is 4.08. The van der Waals surface area contributed by atoms with Crippen LogP contribution in [0.4, 0.5) is 5.69 Å². The molecule has 0 radical (unpaired) electrons. The third-order valence-corrected chi connectivity index (χ3v) is 3.68. The quantitative estimate of drug-likeness (QED) is 0.799. The zero-order valence-electron chi connectivity index (χ0n) is 11.5. The summed E-state index contributed by atoms with van der Waals surface area (Å²) in [5.41, 5.74) is 2.85. The highest BCUT2D eigenvalue weighted by Crippen LogP contribution is 2.29. The van der Waals surface area contributed by atoms with Gasteiger partial charge in [0, 0.05) is 18.3 Å². The van der Waals surface area contributed by atoms with E-state index in [4.69, 9.17) is 4.42 Å². The van der Waals surface area contributed by atoms with E-state index in [1.165, 1.54) is 11.6 Å². The van der Waals surface area contributed by atoms with Crippen molar-refractivity contribution in [1.29, 1.82) is 0 Å². The maximum absolute atomic E-state index is 12.7. The van der Waals surface area contributed by atoms with E-state index in [2.05, 4.69) is 0 Å². The number of carbonyl (C=O) groups is 1. The highest BCUT2D eigenvalue weighted by molar-refractivity contribution is 6.08. The molecule has 20 heavy (non-hydrogen) atoms. The third-order valence-electron chi connectivity index (χ3n) is 3.68. The van der Waals surface area contributed by atoms with Crippen molar-refractivity contribution in [3.8, 4) is 0 Å². The number of rotatable bonds is 1. The van der Waals surface area contributed by atoms with Crippen LogP contribution in [-0.4, -0.2) is 12.5 Å². The maximum atomic E-state index is 12.7. The molecule has 4 nitrogen and oxygen atoms in total. The number of hydrogen-bond donors (Lipinski definition) is 0. The number of carbonyl (C=O) groups excluding carboxylic acids is 1. The monoisotopic (exact) mass is 269 g/mol. The van der Waals surface area contributed by atoms with Gasteiger partial charge in [-0.3, -0.25) is 4.79 Å². The van der Waals surface area contributed by atoms with Gasteiger partial charge in [0.05, 0.1) is 5.56 Å². The van der Waals surface area contributed by atoms with Gasteiger partial charge < -0.3 is 9.32 Å². The van der Waals surface area contributed by atoms with Gasteiger partial charge >= 0.3 is 5.63 Å². The van der Waals surface area contributed by atoms with Gasteiger partial charge in [-0.2, -0.15) is 0 Å². The van der Waals surface area contributed by atoms with Crippen molar-refractivity contribution < 1.29 is 9.21 Å². The van der Waals surface area contributed by atoms with Gasteiger partial charge in [0.1, 0.15) is 5.76 Å². The van der Waals surface area contributed by atoms with Crippen LogP contribution in [0.5, 0.6) is 0 Å². The Morgan fingerprint density at radius 3 is 2.75 bits per heavy atom. The van der Waals surface area contributed by atoms with E-state index in [-0.39, 0.29) is 5.91 Å². The minimum absolute atomic E-state index is 0.103. The smallest absolute Gasteiger partial charge is 0.336 e. The maximum Gasteiger partial charge on any atom is 0.336 e. The molecule has 102 valence electrons. The predicted molar refractivity (Wildman–Crippen MR) is 76.3 cm³/mol. The largest absolute Gasteiger partial charge is 0.427 e. The second-order valence-electron chi connectivity index (χ2n) is 5.02. The van der Waals surface area contributed by atoms with Crippen LogP contribution in [0.15, 0.2) is 39.5 Å². The number of anilines is 1. The Morgan fingerprint density at radius 2 is 2.00 bits per heavy atom. The van der Waals surface area contributed by atoms with Crippen molar-refractivity contribution in [2.24, 2.45) is 0 Å². The lowest BCUT2D eigenvalue weighted by Gasteiger charge is -2.19. The van der Waals surface area contributed by atoms with Crippen LogP contribution in [0.3, 0.4) is 0 Å².